The first-order valence-corrected chi connectivity index (χ1v) is 12.9. The molecule has 0 bridgehead atoms. The van der Waals surface area contributed by atoms with Crippen molar-refractivity contribution < 1.29 is 0 Å². The molecule has 4 rings (SSSR count). The fourth-order valence-electron chi connectivity index (χ4n) is 3.44. The van der Waals surface area contributed by atoms with Crippen LogP contribution in [-0.4, -0.2) is 29.3 Å². The Morgan fingerprint density at radius 1 is 1.28 bits per heavy atom. The number of nitrogens with one attached hydrogen (secondary N) is 1. The van der Waals surface area contributed by atoms with Crippen LogP contribution < -0.4 is 16.0 Å². The van der Waals surface area contributed by atoms with Gasteiger partial charge in [-0.25, -0.2) is 4.98 Å². The quantitative estimate of drug-likeness (QED) is 0.537. The molecular weight excluding hydrogens is 440 g/mol. The van der Waals surface area contributed by atoms with Crippen LogP contribution in [0.5, 0.6) is 0 Å². The predicted molar refractivity (Wildman–Crippen MR) is 128 cm³/mol. The van der Waals surface area contributed by atoms with Gasteiger partial charge in [0.25, 0.3) is 0 Å². The number of pyridine rings is 1. The van der Waals surface area contributed by atoms with Crippen LogP contribution in [0.15, 0.2) is 62.3 Å². The first-order valence-electron chi connectivity index (χ1n) is 9.75. The zero-order valence-electron chi connectivity index (χ0n) is 16.3. The van der Waals surface area contributed by atoms with Gasteiger partial charge in [0.15, 0.2) is 0 Å². The highest BCUT2D eigenvalue weighted by atomic mass is 35.5. The molecule has 2 aromatic rings. The summed E-state index contributed by atoms with van der Waals surface area (Å²) in [6.07, 6.45) is 4.49. The van der Waals surface area contributed by atoms with Gasteiger partial charge in [0, 0.05) is 27.4 Å². The third-order valence-corrected chi connectivity index (χ3v) is 8.75. The monoisotopic (exact) mass is 464 g/mol. The summed E-state index contributed by atoms with van der Waals surface area (Å²) in [5.74, 6) is 2.80. The molecular formula is C21H25ClN4S3. The summed E-state index contributed by atoms with van der Waals surface area (Å²) < 4.78 is 0. The summed E-state index contributed by atoms with van der Waals surface area (Å²) in [6.45, 7) is 4.34. The molecule has 2 aliphatic heterocycles. The molecule has 0 aliphatic carbocycles. The van der Waals surface area contributed by atoms with E-state index >= 15 is 0 Å². The molecule has 0 spiro atoms. The Kier molecular flexibility index (Phi) is 7.37. The molecule has 3 N–H and O–H groups in total. The van der Waals surface area contributed by atoms with Crippen molar-refractivity contribution in [3.05, 3.63) is 52.7 Å². The summed E-state index contributed by atoms with van der Waals surface area (Å²) in [5, 5.41) is 6.29. The number of thioether (sulfide) groups is 2. The number of hydrogen-bond acceptors (Lipinski definition) is 7. The molecule has 1 aromatic heterocycles. The summed E-state index contributed by atoms with van der Waals surface area (Å²) in [5.41, 5.74) is 7.30. The van der Waals surface area contributed by atoms with E-state index in [1.807, 2.05) is 42.2 Å². The van der Waals surface area contributed by atoms with Crippen LogP contribution in [-0.2, 0) is 0 Å². The lowest BCUT2D eigenvalue weighted by Gasteiger charge is -2.26. The second-order valence-electron chi connectivity index (χ2n) is 7.19. The van der Waals surface area contributed by atoms with Gasteiger partial charge in [-0.1, -0.05) is 47.3 Å². The maximum absolute atomic E-state index is 6.44. The van der Waals surface area contributed by atoms with Gasteiger partial charge in [-0.05, 0) is 62.4 Å². The van der Waals surface area contributed by atoms with Crippen LogP contribution in [0.3, 0.4) is 0 Å². The number of anilines is 1. The Morgan fingerprint density at radius 2 is 2.07 bits per heavy atom. The molecule has 1 aromatic carbocycles. The average molecular weight is 465 g/mol. The highest BCUT2D eigenvalue weighted by Crippen LogP contribution is 2.43. The molecule has 0 radical (unpaired) electrons. The zero-order valence-corrected chi connectivity index (χ0v) is 19.5. The second kappa shape index (κ2) is 9.98. The number of nitrogens with two attached hydrogens (primary N) is 1. The molecule has 4 nitrogen and oxygen atoms in total. The van der Waals surface area contributed by atoms with Crippen LogP contribution in [0, 0.1) is 5.92 Å². The van der Waals surface area contributed by atoms with Crippen molar-refractivity contribution in [2.45, 2.75) is 39.9 Å². The fourth-order valence-corrected chi connectivity index (χ4v) is 6.67. The number of benzene rings is 1. The van der Waals surface area contributed by atoms with Gasteiger partial charge in [-0.15, -0.1) is 11.8 Å². The fraction of sp³-hybridized carbons (Fsp3) is 0.381. The Bertz CT molecular complexity index is 886. The Morgan fingerprint density at radius 3 is 2.79 bits per heavy atom. The maximum Gasteiger partial charge on any atom is 0.148 e. The van der Waals surface area contributed by atoms with E-state index in [1.165, 1.54) is 17.7 Å². The van der Waals surface area contributed by atoms with Crippen LogP contribution in [0.25, 0.3) is 0 Å². The van der Waals surface area contributed by atoms with Crippen LogP contribution >= 0.6 is 46.9 Å². The molecule has 154 valence electrons. The topological polar surface area (TPSA) is 54.2 Å². The first-order chi connectivity index (χ1) is 14.1. The van der Waals surface area contributed by atoms with E-state index in [9.17, 15) is 0 Å². The Balaban J connectivity index is 1.60. The molecule has 1 unspecified atom stereocenters. The standard InChI is InChI=1S/C21H25ClN4S3/c1-14-12-28-21(23)26(14)20-19(29-18-5-3-2-4-17(18)22)10-16(11-25-20)27-13-15-6-8-24-9-7-15/h2-5,10-12,15,21,24H,6-9,13,23H2,1H3. The van der Waals surface area contributed by atoms with Gasteiger partial charge in [0.1, 0.15) is 11.3 Å². The van der Waals surface area contributed by atoms with Crippen molar-refractivity contribution in [1.82, 2.24) is 10.3 Å². The van der Waals surface area contributed by atoms with E-state index in [1.54, 1.807) is 23.5 Å². The van der Waals surface area contributed by atoms with Gasteiger partial charge < -0.3 is 16.0 Å². The van der Waals surface area contributed by atoms with Crippen molar-refractivity contribution in [2.24, 2.45) is 11.7 Å². The van der Waals surface area contributed by atoms with Gasteiger partial charge >= 0.3 is 0 Å². The lowest BCUT2D eigenvalue weighted by molar-refractivity contribution is 0.408. The molecule has 0 saturated carbocycles. The van der Waals surface area contributed by atoms with E-state index in [-0.39, 0.29) is 5.50 Å². The molecule has 1 saturated heterocycles. The first kappa shape index (κ1) is 21.4. The predicted octanol–water partition coefficient (Wildman–Crippen LogP) is 5.63. The third-order valence-electron chi connectivity index (χ3n) is 5.05. The summed E-state index contributed by atoms with van der Waals surface area (Å²) in [7, 11) is 0. The van der Waals surface area contributed by atoms with Crippen molar-refractivity contribution >= 4 is 52.7 Å². The average Bonchev–Trinajstić information content (AvgIpc) is 3.07. The number of nitrogens with zero attached hydrogens (tertiary/aromatic N) is 2. The summed E-state index contributed by atoms with van der Waals surface area (Å²) in [6, 6.07) is 10.2. The Hall–Kier alpha value is -0.830. The second-order valence-corrected chi connectivity index (χ2v) is 10.8. The van der Waals surface area contributed by atoms with Crippen LogP contribution in [0.1, 0.15) is 19.8 Å². The lowest BCUT2D eigenvalue weighted by atomic mass is 10.0. The number of halogens is 1. The van der Waals surface area contributed by atoms with Gasteiger partial charge in [0.05, 0.1) is 9.92 Å². The molecule has 0 amide bonds. The molecule has 1 atom stereocenters. The summed E-state index contributed by atoms with van der Waals surface area (Å²) in [4.78, 5) is 10.3. The number of rotatable bonds is 6. The minimum atomic E-state index is -0.152. The molecule has 8 heteroatoms. The number of piperidine rings is 1. The van der Waals surface area contributed by atoms with Crippen molar-refractivity contribution in [3.8, 4) is 0 Å². The van der Waals surface area contributed by atoms with Gasteiger partial charge in [-0.3, -0.25) is 0 Å². The normalized spacial score (nSPS) is 20.2. The summed E-state index contributed by atoms with van der Waals surface area (Å²) >= 11 is 11.6. The molecule has 3 heterocycles. The van der Waals surface area contributed by atoms with Gasteiger partial charge in [-0.2, -0.15) is 0 Å². The van der Waals surface area contributed by atoms with Crippen molar-refractivity contribution in [2.75, 3.05) is 23.7 Å². The minimum absolute atomic E-state index is 0.152. The highest BCUT2D eigenvalue weighted by molar-refractivity contribution is 8.03. The number of hydrogen-bond donors (Lipinski definition) is 2. The maximum atomic E-state index is 6.44. The molecule has 2 aliphatic rings. The van der Waals surface area contributed by atoms with E-state index in [0.717, 1.165) is 51.1 Å². The molecule has 29 heavy (non-hydrogen) atoms. The van der Waals surface area contributed by atoms with Crippen LogP contribution in [0.2, 0.25) is 5.02 Å². The highest BCUT2D eigenvalue weighted by Gasteiger charge is 2.26. The lowest BCUT2D eigenvalue weighted by Crippen LogP contribution is -2.35. The van der Waals surface area contributed by atoms with Crippen LogP contribution in [0.4, 0.5) is 5.82 Å². The van der Waals surface area contributed by atoms with E-state index in [0.29, 0.717) is 0 Å². The Labute approximate surface area is 190 Å². The van der Waals surface area contributed by atoms with Gasteiger partial charge in [0.2, 0.25) is 0 Å². The smallest absolute Gasteiger partial charge is 0.148 e. The number of allylic oxidation sites excluding steroid dienone is 1. The largest absolute Gasteiger partial charge is 0.317 e. The van der Waals surface area contributed by atoms with E-state index in [2.05, 4.69) is 28.6 Å². The van der Waals surface area contributed by atoms with Crippen molar-refractivity contribution in [3.63, 3.8) is 0 Å². The van der Waals surface area contributed by atoms with E-state index < -0.39 is 0 Å². The van der Waals surface area contributed by atoms with E-state index in [4.69, 9.17) is 22.3 Å². The molecule has 1 fully saturated rings. The zero-order chi connectivity index (χ0) is 20.2. The number of aromatic nitrogens is 1. The third kappa shape index (κ3) is 5.27. The SMILES string of the molecule is CC1=CSC(N)N1c1ncc(SCC2CCNCC2)cc1Sc1ccccc1Cl. The van der Waals surface area contributed by atoms with Crippen molar-refractivity contribution in [1.29, 1.82) is 0 Å². The minimum Gasteiger partial charge on any atom is -0.317 e.